The molecule has 2 nitrogen and oxygen atoms in total. The smallest absolute Gasteiger partial charge is 0.183 e. The zero-order valence-electron chi connectivity index (χ0n) is 7.87. The zero-order valence-corrected chi connectivity index (χ0v) is 10.3. The summed E-state index contributed by atoms with van der Waals surface area (Å²) >= 11 is 5.08. The normalized spacial score (nSPS) is 35.1. The number of fused-ring (bicyclic) bond motifs is 2. The van der Waals surface area contributed by atoms with E-state index in [0.717, 1.165) is 21.6 Å². The molecule has 0 radical (unpaired) electrons. The van der Waals surface area contributed by atoms with Crippen molar-refractivity contribution in [1.82, 2.24) is 4.98 Å². The van der Waals surface area contributed by atoms with Gasteiger partial charge in [0.15, 0.2) is 5.13 Å². The van der Waals surface area contributed by atoms with Crippen molar-refractivity contribution in [3.8, 4) is 0 Å². The van der Waals surface area contributed by atoms with Crippen LogP contribution in [0.25, 0.3) is 0 Å². The summed E-state index contributed by atoms with van der Waals surface area (Å²) in [5.74, 6) is 1.92. The van der Waals surface area contributed by atoms with E-state index in [0.29, 0.717) is 6.04 Å². The quantitative estimate of drug-likeness (QED) is 0.892. The molecule has 1 N–H and O–H groups in total. The molecule has 1 heterocycles. The lowest BCUT2D eigenvalue weighted by Crippen LogP contribution is -2.25. The molecule has 0 aliphatic heterocycles. The minimum atomic E-state index is 0.701. The van der Waals surface area contributed by atoms with Crippen LogP contribution in [0.2, 0.25) is 0 Å². The van der Waals surface area contributed by atoms with E-state index in [1.54, 1.807) is 11.3 Å². The number of thiazole rings is 1. The number of anilines is 1. The average Bonchev–Trinajstić information content (AvgIpc) is 2.82. The van der Waals surface area contributed by atoms with Crippen LogP contribution in [0.1, 0.15) is 25.7 Å². The van der Waals surface area contributed by atoms with Crippen LogP contribution in [0.5, 0.6) is 0 Å². The van der Waals surface area contributed by atoms with Crippen LogP contribution in [-0.2, 0) is 0 Å². The molecule has 3 unspecified atom stereocenters. The number of rotatable bonds is 2. The summed E-state index contributed by atoms with van der Waals surface area (Å²) in [6, 6.07) is 0.701. The average molecular weight is 273 g/mol. The highest BCUT2D eigenvalue weighted by Crippen LogP contribution is 2.45. The first kappa shape index (κ1) is 9.16. The van der Waals surface area contributed by atoms with E-state index < -0.39 is 0 Å². The van der Waals surface area contributed by atoms with E-state index in [-0.39, 0.29) is 0 Å². The molecule has 3 rings (SSSR count). The molecule has 2 bridgehead atoms. The van der Waals surface area contributed by atoms with Crippen LogP contribution in [0.3, 0.4) is 0 Å². The van der Waals surface area contributed by atoms with Crippen molar-refractivity contribution in [1.29, 1.82) is 0 Å². The highest BCUT2D eigenvalue weighted by atomic mass is 79.9. The molecule has 0 spiro atoms. The van der Waals surface area contributed by atoms with Gasteiger partial charge in [-0.2, -0.15) is 0 Å². The monoisotopic (exact) mass is 272 g/mol. The Morgan fingerprint density at radius 3 is 2.93 bits per heavy atom. The second-order valence-corrected chi connectivity index (χ2v) is 6.07. The predicted octanol–water partition coefficient (Wildman–Crippen LogP) is 3.51. The zero-order chi connectivity index (χ0) is 9.54. The summed E-state index contributed by atoms with van der Waals surface area (Å²) < 4.78 is 0.952. The van der Waals surface area contributed by atoms with Crippen LogP contribution >= 0.6 is 27.3 Å². The number of nitrogens with one attached hydrogen (secondary N) is 1. The van der Waals surface area contributed by atoms with E-state index in [9.17, 15) is 0 Å². The Morgan fingerprint density at radius 2 is 2.36 bits per heavy atom. The van der Waals surface area contributed by atoms with Crippen LogP contribution in [0.15, 0.2) is 9.98 Å². The molecule has 14 heavy (non-hydrogen) atoms. The van der Waals surface area contributed by atoms with Gasteiger partial charge in [-0.15, -0.1) is 11.3 Å². The van der Waals surface area contributed by atoms with E-state index in [2.05, 4.69) is 26.2 Å². The molecule has 2 aliphatic carbocycles. The van der Waals surface area contributed by atoms with E-state index in [1.807, 2.05) is 5.38 Å². The van der Waals surface area contributed by atoms with Crippen molar-refractivity contribution in [2.45, 2.75) is 31.7 Å². The summed E-state index contributed by atoms with van der Waals surface area (Å²) in [5.41, 5.74) is 0. The Labute approximate surface area is 96.3 Å². The molecule has 3 atom stereocenters. The van der Waals surface area contributed by atoms with Gasteiger partial charge in [-0.05, 0) is 47.0 Å². The van der Waals surface area contributed by atoms with Gasteiger partial charge in [0.05, 0.1) is 0 Å². The summed E-state index contributed by atoms with van der Waals surface area (Å²) in [6.45, 7) is 0. The van der Waals surface area contributed by atoms with Gasteiger partial charge in [0.25, 0.3) is 0 Å². The van der Waals surface area contributed by atoms with Gasteiger partial charge in [0.2, 0.25) is 0 Å². The Balaban J connectivity index is 1.68. The number of nitrogens with zero attached hydrogens (tertiary/aromatic N) is 1. The molecular weight excluding hydrogens is 260 g/mol. The molecule has 0 saturated heterocycles. The summed E-state index contributed by atoms with van der Waals surface area (Å²) in [5, 5.41) is 6.69. The number of halogens is 1. The van der Waals surface area contributed by atoms with Crippen LogP contribution in [0.4, 0.5) is 5.13 Å². The fourth-order valence-corrected chi connectivity index (χ4v) is 4.11. The van der Waals surface area contributed by atoms with Gasteiger partial charge in [-0.25, -0.2) is 4.98 Å². The third-order valence-electron chi connectivity index (χ3n) is 3.52. The Morgan fingerprint density at radius 1 is 1.43 bits per heavy atom. The van der Waals surface area contributed by atoms with E-state index >= 15 is 0 Å². The predicted molar refractivity (Wildman–Crippen MR) is 62.7 cm³/mol. The van der Waals surface area contributed by atoms with Crippen LogP contribution in [0, 0.1) is 11.8 Å². The maximum Gasteiger partial charge on any atom is 0.183 e. The largest absolute Gasteiger partial charge is 0.358 e. The molecule has 76 valence electrons. The summed E-state index contributed by atoms with van der Waals surface area (Å²) in [4.78, 5) is 4.38. The van der Waals surface area contributed by atoms with Gasteiger partial charge in [0.1, 0.15) is 4.60 Å². The van der Waals surface area contributed by atoms with Crippen molar-refractivity contribution in [2.24, 2.45) is 11.8 Å². The second kappa shape index (κ2) is 3.49. The van der Waals surface area contributed by atoms with Crippen molar-refractivity contribution >= 4 is 32.4 Å². The van der Waals surface area contributed by atoms with Crippen molar-refractivity contribution in [2.75, 3.05) is 5.32 Å². The SMILES string of the molecule is Brc1csc(NC2CC3CCC2C3)n1. The summed E-state index contributed by atoms with van der Waals surface area (Å²) in [6.07, 6.45) is 5.70. The molecule has 0 aromatic carbocycles. The highest BCUT2D eigenvalue weighted by molar-refractivity contribution is 9.10. The Bertz CT molecular complexity index is 339. The van der Waals surface area contributed by atoms with Gasteiger partial charge in [-0.1, -0.05) is 6.42 Å². The van der Waals surface area contributed by atoms with Crippen LogP contribution < -0.4 is 5.32 Å². The Kier molecular flexibility index (Phi) is 2.28. The minimum absolute atomic E-state index is 0.701. The number of hydrogen-bond acceptors (Lipinski definition) is 3. The molecular formula is C10H13BrN2S. The molecule has 4 heteroatoms. The topological polar surface area (TPSA) is 24.9 Å². The first-order valence-corrected chi connectivity index (χ1v) is 6.86. The lowest BCUT2D eigenvalue weighted by Gasteiger charge is -2.22. The van der Waals surface area contributed by atoms with Gasteiger partial charge < -0.3 is 5.32 Å². The molecule has 2 saturated carbocycles. The van der Waals surface area contributed by atoms with Crippen molar-refractivity contribution < 1.29 is 0 Å². The fourth-order valence-electron chi connectivity index (χ4n) is 2.90. The van der Waals surface area contributed by atoms with E-state index in [4.69, 9.17) is 0 Å². The first-order valence-electron chi connectivity index (χ1n) is 5.19. The van der Waals surface area contributed by atoms with Crippen molar-refractivity contribution in [3.05, 3.63) is 9.98 Å². The molecule has 2 fully saturated rings. The lowest BCUT2D eigenvalue weighted by molar-refractivity contribution is 0.439. The number of aromatic nitrogens is 1. The maximum absolute atomic E-state index is 4.38. The summed E-state index contributed by atoms with van der Waals surface area (Å²) in [7, 11) is 0. The van der Waals surface area contributed by atoms with Gasteiger partial charge in [-0.3, -0.25) is 0 Å². The molecule has 1 aromatic heterocycles. The third-order valence-corrected chi connectivity index (χ3v) is 5.01. The van der Waals surface area contributed by atoms with Gasteiger partial charge >= 0.3 is 0 Å². The Hall–Kier alpha value is -0.0900. The standard InChI is InChI=1S/C10H13BrN2S/c11-9-5-14-10(13-9)12-8-4-6-1-2-7(8)3-6/h5-8H,1-4H2,(H,12,13). The number of hydrogen-bond donors (Lipinski definition) is 1. The highest BCUT2D eigenvalue weighted by Gasteiger charge is 2.39. The maximum atomic E-state index is 4.38. The first-order chi connectivity index (χ1) is 6.81. The fraction of sp³-hybridized carbons (Fsp3) is 0.700. The second-order valence-electron chi connectivity index (χ2n) is 4.40. The third kappa shape index (κ3) is 1.58. The molecule has 1 aromatic rings. The lowest BCUT2D eigenvalue weighted by atomic mass is 9.96. The van der Waals surface area contributed by atoms with Crippen molar-refractivity contribution in [3.63, 3.8) is 0 Å². The minimum Gasteiger partial charge on any atom is -0.358 e. The molecule has 0 amide bonds. The van der Waals surface area contributed by atoms with E-state index in [1.165, 1.54) is 25.7 Å². The molecule has 2 aliphatic rings. The van der Waals surface area contributed by atoms with Crippen LogP contribution in [-0.4, -0.2) is 11.0 Å². The van der Waals surface area contributed by atoms with Gasteiger partial charge in [0, 0.05) is 11.4 Å².